The predicted octanol–water partition coefficient (Wildman–Crippen LogP) is 2.57. The molecule has 0 bridgehead atoms. The standard InChI is InChI=1S/C18H25NO2/c1-5-14-9-10-16-15(12-14)18(3,4)13(2)19(16)11-7-6-8-17(20)21/h9-10,12H,5-8,11H2,1-4H3. The zero-order valence-electron chi connectivity index (χ0n) is 13.5. The van der Waals surface area contributed by atoms with Crippen LogP contribution in [0.4, 0.5) is 5.69 Å². The van der Waals surface area contributed by atoms with Crippen molar-refractivity contribution in [2.24, 2.45) is 0 Å². The quantitative estimate of drug-likeness (QED) is 0.596. The van der Waals surface area contributed by atoms with Crippen molar-refractivity contribution in [3.05, 3.63) is 29.3 Å². The number of aliphatic carboxylic acids is 1. The third kappa shape index (κ3) is 3.02. The highest BCUT2D eigenvalue weighted by atomic mass is 16.4. The first kappa shape index (κ1) is 15.7. The van der Waals surface area contributed by atoms with E-state index in [9.17, 15) is 9.90 Å². The van der Waals surface area contributed by atoms with E-state index >= 15 is 0 Å². The molecule has 0 saturated heterocycles. The number of carbonyl (C=O) groups excluding carboxylic acids is 1. The maximum Gasteiger partial charge on any atom is 0.209 e. The van der Waals surface area contributed by atoms with Crippen molar-refractivity contribution < 1.29 is 14.5 Å². The minimum atomic E-state index is -0.953. The lowest BCUT2D eigenvalue weighted by molar-refractivity contribution is -0.439. The van der Waals surface area contributed by atoms with E-state index in [2.05, 4.69) is 50.5 Å². The highest BCUT2D eigenvalue weighted by Crippen LogP contribution is 2.40. The number of carboxylic acid groups (broad SMARTS) is 1. The molecule has 1 aromatic carbocycles. The number of carbonyl (C=O) groups is 1. The molecule has 0 spiro atoms. The van der Waals surface area contributed by atoms with Gasteiger partial charge in [-0.25, -0.2) is 0 Å². The summed E-state index contributed by atoms with van der Waals surface area (Å²) < 4.78 is 2.35. The van der Waals surface area contributed by atoms with E-state index in [-0.39, 0.29) is 11.8 Å². The van der Waals surface area contributed by atoms with E-state index in [4.69, 9.17) is 0 Å². The van der Waals surface area contributed by atoms with Crippen LogP contribution in [0.1, 0.15) is 58.1 Å². The van der Waals surface area contributed by atoms with Crippen molar-refractivity contribution in [1.29, 1.82) is 0 Å². The fourth-order valence-electron chi connectivity index (χ4n) is 3.08. The van der Waals surface area contributed by atoms with Gasteiger partial charge in [-0.05, 0) is 44.7 Å². The van der Waals surface area contributed by atoms with Crippen LogP contribution in [-0.4, -0.2) is 22.8 Å². The number of nitrogens with zero attached hydrogens (tertiary/aromatic N) is 1. The van der Waals surface area contributed by atoms with Crippen molar-refractivity contribution in [2.75, 3.05) is 6.54 Å². The second-order valence-corrected chi connectivity index (χ2v) is 6.40. The Balaban J connectivity index is 2.22. The average Bonchev–Trinajstić information content (AvgIpc) is 2.63. The lowest BCUT2D eigenvalue weighted by Gasteiger charge is -2.15. The minimum absolute atomic E-state index is 0.0505. The molecule has 3 heteroatoms. The zero-order valence-corrected chi connectivity index (χ0v) is 13.5. The van der Waals surface area contributed by atoms with Gasteiger partial charge in [-0.1, -0.05) is 13.0 Å². The van der Waals surface area contributed by atoms with Gasteiger partial charge in [0.05, 0.1) is 5.41 Å². The molecule has 1 aromatic rings. The summed E-state index contributed by atoms with van der Waals surface area (Å²) in [5, 5.41) is 10.5. The fourth-order valence-corrected chi connectivity index (χ4v) is 3.08. The molecule has 0 amide bonds. The van der Waals surface area contributed by atoms with E-state index in [1.165, 1.54) is 22.5 Å². The van der Waals surface area contributed by atoms with Crippen molar-refractivity contribution >= 4 is 17.4 Å². The van der Waals surface area contributed by atoms with E-state index in [0.717, 1.165) is 19.4 Å². The zero-order chi connectivity index (χ0) is 15.6. The van der Waals surface area contributed by atoms with Crippen LogP contribution in [0.2, 0.25) is 0 Å². The van der Waals surface area contributed by atoms with Crippen LogP contribution in [0.25, 0.3) is 0 Å². The molecular weight excluding hydrogens is 262 g/mol. The van der Waals surface area contributed by atoms with Gasteiger partial charge in [0.2, 0.25) is 5.69 Å². The average molecular weight is 287 g/mol. The third-order valence-corrected chi connectivity index (χ3v) is 4.76. The number of rotatable bonds is 6. The van der Waals surface area contributed by atoms with Gasteiger partial charge in [-0.15, -0.1) is 0 Å². The number of hydrogen-bond acceptors (Lipinski definition) is 2. The van der Waals surface area contributed by atoms with Gasteiger partial charge in [0, 0.05) is 30.9 Å². The lowest BCUT2D eigenvalue weighted by Crippen LogP contribution is -2.27. The van der Waals surface area contributed by atoms with Gasteiger partial charge in [0.25, 0.3) is 0 Å². The summed E-state index contributed by atoms with van der Waals surface area (Å²) in [5.41, 5.74) is 5.43. The maximum absolute atomic E-state index is 10.5. The molecule has 21 heavy (non-hydrogen) atoms. The first-order chi connectivity index (χ1) is 9.87. The van der Waals surface area contributed by atoms with E-state index in [0.29, 0.717) is 6.42 Å². The van der Waals surface area contributed by atoms with Crippen LogP contribution in [0.3, 0.4) is 0 Å². The normalized spacial score (nSPS) is 16.2. The molecule has 0 saturated carbocycles. The number of benzene rings is 1. The Kier molecular flexibility index (Phi) is 4.50. The second-order valence-electron chi connectivity index (χ2n) is 6.40. The van der Waals surface area contributed by atoms with Crippen molar-refractivity contribution in [3.63, 3.8) is 0 Å². The van der Waals surface area contributed by atoms with Gasteiger partial charge < -0.3 is 9.90 Å². The predicted molar refractivity (Wildman–Crippen MR) is 83.2 cm³/mol. The Morgan fingerprint density at radius 1 is 1.29 bits per heavy atom. The summed E-state index contributed by atoms with van der Waals surface area (Å²) in [4.78, 5) is 10.5. The fraction of sp³-hybridized carbons (Fsp3) is 0.556. The molecule has 1 aliphatic heterocycles. The molecule has 3 nitrogen and oxygen atoms in total. The molecule has 0 unspecified atom stereocenters. The summed E-state index contributed by atoms with van der Waals surface area (Å²) in [5.74, 6) is -0.953. The first-order valence-electron chi connectivity index (χ1n) is 7.82. The Morgan fingerprint density at radius 2 is 2.00 bits per heavy atom. The molecule has 0 aliphatic carbocycles. The monoisotopic (exact) mass is 287 g/mol. The van der Waals surface area contributed by atoms with Gasteiger partial charge in [0.15, 0.2) is 5.71 Å². The number of fused-ring (bicyclic) bond motifs is 1. The minimum Gasteiger partial charge on any atom is -0.550 e. The number of hydrogen-bond donors (Lipinski definition) is 0. The molecular formula is C18H25NO2. The molecule has 1 aliphatic rings. The Labute approximate surface area is 127 Å². The Hall–Kier alpha value is -1.64. The third-order valence-electron chi connectivity index (χ3n) is 4.76. The molecule has 2 rings (SSSR count). The van der Waals surface area contributed by atoms with Crippen LogP contribution in [0.5, 0.6) is 0 Å². The number of unbranched alkanes of at least 4 members (excludes halogenated alkanes) is 1. The Bertz CT molecular complexity index is 585. The van der Waals surface area contributed by atoms with Crippen LogP contribution in [-0.2, 0) is 16.6 Å². The largest absolute Gasteiger partial charge is 0.550 e. The highest BCUT2D eigenvalue weighted by molar-refractivity contribution is 5.93. The van der Waals surface area contributed by atoms with Gasteiger partial charge in [-0.2, -0.15) is 4.58 Å². The highest BCUT2D eigenvalue weighted by Gasteiger charge is 2.42. The summed E-state index contributed by atoms with van der Waals surface area (Å²) in [6, 6.07) is 6.73. The second kappa shape index (κ2) is 6.00. The molecule has 0 aromatic heterocycles. The summed E-state index contributed by atoms with van der Waals surface area (Å²) in [6.07, 6.45) is 2.75. The summed E-state index contributed by atoms with van der Waals surface area (Å²) in [6.45, 7) is 9.77. The topological polar surface area (TPSA) is 43.1 Å². The number of aryl methyl sites for hydroxylation is 1. The lowest BCUT2D eigenvalue weighted by atomic mass is 9.81. The van der Waals surface area contributed by atoms with E-state index < -0.39 is 5.97 Å². The van der Waals surface area contributed by atoms with Crippen LogP contribution < -0.4 is 5.11 Å². The van der Waals surface area contributed by atoms with Crippen LogP contribution >= 0.6 is 0 Å². The molecule has 1 heterocycles. The van der Waals surface area contributed by atoms with Gasteiger partial charge in [-0.3, -0.25) is 0 Å². The Morgan fingerprint density at radius 3 is 2.62 bits per heavy atom. The first-order valence-corrected chi connectivity index (χ1v) is 7.82. The van der Waals surface area contributed by atoms with Crippen LogP contribution in [0.15, 0.2) is 18.2 Å². The van der Waals surface area contributed by atoms with E-state index in [1.807, 2.05) is 0 Å². The van der Waals surface area contributed by atoms with Crippen molar-refractivity contribution in [1.82, 2.24) is 0 Å². The van der Waals surface area contributed by atoms with Crippen molar-refractivity contribution in [3.8, 4) is 0 Å². The number of carboxylic acids is 1. The summed E-state index contributed by atoms with van der Waals surface area (Å²) >= 11 is 0. The van der Waals surface area contributed by atoms with E-state index in [1.54, 1.807) is 0 Å². The SMILES string of the molecule is CCc1ccc2c(c1)C(C)(C)C(C)=[N+]2CCCCC(=O)[O-]. The molecule has 0 radical (unpaired) electrons. The van der Waals surface area contributed by atoms with Crippen molar-refractivity contribution in [2.45, 2.75) is 58.8 Å². The molecule has 0 N–H and O–H groups in total. The van der Waals surface area contributed by atoms with Crippen LogP contribution in [0, 0.1) is 0 Å². The smallest absolute Gasteiger partial charge is 0.209 e. The maximum atomic E-state index is 10.5. The summed E-state index contributed by atoms with van der Waals surface area (Å²) in [7, 11) is 0. The van der Waals surface area contributed by atoms with Gasteiger partial charge >= 0.3 is 0 Å². The van der Waals surface area contributed by atoms with Gasteiger partial charge in [0.1, 0.15) is 6.54 Å². The molecule has 114 valence electrons. The molecule has 0 fully saturated rings. The molecule has 0 atom stereocenters.